The van der Waals surface area contributed by atoms with Crippen molar-refractivity contribution >= 4 is 6.29 Å². The maximum Gasteiger partial charge on any atom is 0.137 e. The van der Waals surface area contributed by atoms with Crippen molar-refractivity contribution in [3.05, 3.63) is 29.3 Å². The van der Waals surface area contributed by atoms with Crippen molar-refractivity contribution in [1.29, 1.82) is 0 Å². The number of carbonyl (C=O) groups is 1. The topological polar surface area (TPSA) is 63.3 Å². The molecule has 1 rings (SSSR count). The van der Waals surface area contributed by atoms with Gasteiger partial charge < -0.3 is 15.6 Å². The van der Waals surface area contributed by atoms with Crippen LogP contribution < -0.4 is 5.73 Å². The van der Waals surface area contributed by atoms with Gasteiger partial charge in [0.15, 0.2) is 0 Å². The maximum absolute atomic E-state index is 10.3. The van der Waals surface area contributed by atoms with Crippen LogP contribution in [0.2, 0.25) is 0 Å². The summed E-state index contributed by atoms with van der Waals surface area (Å²) in [6.45, 7) is 1.88. The van der Waals surface area contributed by atoms with Crippen LogP contribution in [-0.2, 0) is 11.2 Å². The van der Waals surface area contributed by atoms with Crippen LogP contribution in [0, 0.1) is 6.92 Å². The lowest BCUT2D eigenvalue weighted by Gasteiger charge is -2.07. The Morgan fingerprint density at radius 2 is 2.31 bits per heavy atom. The average molecular weight is 179 g/mol. The molecule has 0 unspecified atom stereocenters. The molecule has 0 amide bonds. The van der Waals surface area contributed by atoms with Gasteiger partial charge in [0, 0.05) is 0 Å². The van der Waals surface area contributed by atoms with E-state index in [2.05, 4.69) is 0 Å². The second kappa shape index (κ2) is 4.05. The predicted octanol–water partition coefficient (Wildman–Crippen LogP) is 0.769. The maximum atomic E-state index is 10.3. The first-order valence-corrected chi connectivity index (χ1v) is 4.13. The third kappa shape index (κ3) is 2.56. The standard InChI is InChI=1S/C10H13NO2/c1-7-4-10(13)3-2-8(7)5-9(11)6-12/h2-4,6,9,13H,5,11H2,1H3/t9-/m0/s1. The van der Waals surface area contributed by atoms with Gasteiger partial charge in [-0.15, -0.1) is 0 Å². The zero-order valence-electron chi connectivity index (χ0n) is 7.53. The fourth-order valence-electron chi connectivity index (χ4n) is 1.21. The summed E-state index contributed by atoms with van der Waals surface area (Å²) in [6.07, 6.45) is 1.25. The molecule has 0 aliphatic carbocycles. The number of hydrogen-bond donors (Lipinski definition) is 2. The Labute approximate surface area is 77.2 Å². The Morgan fingerprint density at radius 1 is 1.62 bits per heavy atom. The van der Waals surface area contributed by atoms with Gasteiger partial charge in [0.05, 0.1) is 6.04 Å². The van der Waals surface area contributed by atoms with E-state index in [4.69, 9.17) is 10.8 Å². The molecule has 1 aromatic rings. The fourth-order valence-corrected chi connectivity index (χ4v) is 1.21. The minimum atomic E-state index is -0.455. The molecule has 1 aromatic carbocycles. The van der Waals surface area contributed by atoms with Crippen molar-refractivity contribution in [1.82, 2.24) is 0 Å². The normalized spacial score (nSPS) is 12.5. The van der Waals surface area contributed by atoms with E-state index in [0.717, 1.165) is 17.4 Å². The monoisotopic (exact) mass is 179 g/mol. The molecule has 3 heteroatoms. The summed E-state index contributed by atoms with van der Waals surface area (Å²) >= 11 is 0. The van der Waals surface area contributed by atoms with Crippen molar-refractivity contribution in [2.75, 3.05) is 0 Å². The zero-order valence-corrected chi connectivity index (χ0v) is 7.53. The molecule has 0 radical (unpaired) electrons. The minimum absolute atomic E-state index is 0.237. The van der Waals surface area contributed by atoms with Gasteiger partial charge in [-0.25, -0.2) is 0 Å². The molecule has 0 aliphatic rings. The number of carbonyl (C=O) groups excluding carboxylic acids is 1. The number of benzene rings is 1. The van der Waals surface area contributed by atoms with Crippen molar-refractivity contribution in [3.63, 3.8) is 0 Å². The van der Waals surface area contributed by atoms with Crippen LogP contribution in [0.4, 0.5) is 0 Å². The fraction of sp³-hybridized carbons (Fsp3) is 0.300. The molecule has 0 heterocycles. The molecule has 0 spiro atoms. The van der Waals surface area contributed by atoms with Crippen LogP contribution in [0.15, 0.2) is 18.2 Å². The summed E-state index contributed by atoms with van der Waals surface area (Å²) in [5.74, 6) is 0.237. The first kappa shape index (κ1) is 9.74. The highest BCUT2D eigenvalue weighted by Crippen LogP contribution is 2.16. The minimum Gasteiger partial charge on any atom is -0.508 e. The quantitative estimate of drug-likeness (QED) is 0.673. The van der Waals surface area contributed by atoms with Crippen molar-refractivity contribution in [2.24, 2.45) is 5.73 Å². The highest BCUT2D eigenvalue weighted by molar-refractivity contribution is 5.58. The number of aromatic hydroxyl groups is 1. The van der Waals surface area contributed by atoms with Crippen LogP contribution in [-0.4, -0.2) is 17.4 Å². The molecule has 70 valence electrons. The van der Waals surface area contributed by atoms with Gasteiger partial charge in [0.1, 0.15) is 12.0 Å². The van der Waals surface area contributed by atoms with Gasteiger partial charge in [-0.1, -0.05) is 6.07 Å². The molecule has 0 aromatic heterocycles. The van der Waals surface area contributed by atoms with E-state index < -0.39 is 6.04 Å². The number of aldehydes is 1. The molecule has 13 heavy (non-hydrogen) atoms. The SMILES string of the molecule is Cc1cc(O)ccc1C[C@H](N)C=O. The molecule has 0 fully saturated rings. The van der Waals surface area contributed by atoms with Gasteiger partial charge in [-0.05, 0) is 36.6 Å². The molecular formula is C10H13NO2. The third-order valence-electron chi connectivity index (χ3n) is 1.96. The van der Waals surface area contributed by atoms with Gasteiger partial charge in [0.2, 0.25) is 0 Å². The molecule has 0 saturated carbocycles. The van der Waals surface area contributed by atoms with E-state index in [9.17, 15) is 4.79 Å². The summed E-state index contributed by atoms with van der Waals surface area (Å²) in [5.41, 5.74) is 7.43. The summed E-state index contributed by atoms with van der Waals surface area (Å²) < 4.78 is 0. The first-order valence-electron chi connectivity index (χ1n) is 4.13. The molecular weight excluding hydrogens is 166 g/mol. The van der Waals surface area contributed by atoms with E-state index in [1.54, 1.807) is 18.2 Å². The molecule has 1 atom stereocenters. The van der Waals surface area contributed by atoms with E-state index in [1.807, 2.05) is 6.92 Å². The van der Waals surface area contributed by atoms with Gasteiger partial charge >= 0.3 is 0 Å². The molecule has 3 nitrogen and oxygen atoms in total. The Kier molecular flexibility index (Phi) is 3.03. The number of aryl methyl sites for hydroxylation is 1. The van der Waals surface area contributed by atoms with Crippen LogP contribution in [0.1, 0.15) is 11.1 Å². The summed E-state index contributed by atoms with van der Waals surface area (Å²) in [7, 11) is 0. The largest absolute Gasteiger partial charge is 0.508 e. The number of phenolic OH excluding ortho intramolecular Hbond substituents is 1. The Bertz CT molecular complexity index is 310. The van der Waals surface area contributed by atoms with Gasteiger partial charge in [-0.3, -0.25) is 0 Å². The number of nitrogens with two attached hydrogens (primary N) is 1. The summed E-state index contributed by atoms with van der Waals surface area (Å²) in [6, 6.07) is 4.59. The Hall–Kier alpha value is -1.35. The van der Waals surface area contributed by atoms with E-state index in [0.29, 0.717) is 6.42 Å². The number of hydrogen-bond acceptors (Lipinski definition) is 3. The van der Waals surface area contributed by atoms with Gasteiger partial charge in [-0.2, -0.15) is 0 Å². The molecule has 3 N–H and O–H groups in total. The third-order valence-corrected chi connectivity index (χ3v) is 1.96. The molecule has 0 bridgehead atoms. The highest BCUT2D eigenvalue weighted by Gasteiger charge is 2.04. The van der Waals surface area contributed by atoms with Crippen molar-refractivity contribution in [3.8, 4) is 5.75 Å². The predicted molar refractivity (Wildman–Crippen MR) is 50.6 cm³/mol. The van der Waals surface area contributed by atoms with E-state index in [1.165, 1.54) is 0 Å². The smallest absolute Gasteiger partial charge is 0.137 e. The highest BCUT2D eigenvalue weighted by atomic mass is 16.3. The van der Waals surface area contributed by atoms with Crippen LogP contribution in [0.5, 0.6) is 5.75 Å². The molecule has 0 aliphatic heterocycles. The van der Waals surface area contributed by atoms with Crippen LogP contribution >= 0.6 is 0 Å². The van der Waals surface area contributed by atoms with Crippen LogP contribution in [0.25, 0.3) is 0 Å². The summed E-state index contributed by atoms with van der Waals surface area (Å²) in [4.78, 5) is 10.3. The zero-order chi connectivity index (χ0) is 9.84. The lowest BCUT2D eigenvalue weighted by atomic mass is 10.0. The van der Waals surface area contributed by atoms with Crippen molar-refractivity contribution in [2.45, 2.75) is 19.4 Å². The second-order valence-corrected chi connectivity index (χ2v) is 3.11. The first-order chi connectivity index (χ1) is 6.13. The summed E-state index contributed by atoms with van der Waals surface area (Å²) in [5, 5.41) is 9.13. The second-order valence-electron chi connectivity index (χ2n) is 3.11. The number of phenols is 1. The van der Waals surface area contributed by atoms with Gasteiger partial charge in [0.25, 0.3) is 0 Å². The number of rotatable bonds is 3. The Morgan fingerprint density at radius 3 is 2.85 bits per heavy atom. The Balaban J connectivity index is 2.83. The van der Waals surface area contributed by atoms with Crippen molar-refractivity contribution < 1.29 is 9.90 Å². The lowest BCUT2D eigenvalue weighted by Crippen LogP contribution is -2.24. The van der Waals surface area contributed by atoms with Crippen LogP contribution in [0.3, 0.4) is 0 Å². The lowest BCUT2D eigenvalue weighted by molar-refractivity contribution is -0.108. The molecule has 0 saturated heterocycles. The van der Waals surface area contributed by atoms with E-state index in [-0.39, 0.29) is 5.75 Å². The van der Waals surface area contributed by atoms with E-state index >= 15 is 0 Å². The average Bonchev–Trinajstić information content (AvgIpc) is 2.09.